The summed E-state index contributed by atoms with van der Waals surface area (Å²) >= 11 is 3.53. The van der Waals surface area contributed by atoms with Gasteiger partial charge in [0.2, 0.25) is 0 Å². The van der Waals surface area contributed by atoms with Gasteiger partial charge >= 0.3 is 0 Å². The third-order valence-corrected chi connectivity index (χ3v) is 2.46. The van der Waals surface area contributed by atoms with Crippen LogP contribution in [0, 0.1) is 17.8 Å². The minimum Gasteiger partial charge on any atom is -0.183 e. The van der Waals surface area contributed by atoms with E-state index in [4.69, 9.17) is 0 Å². The van der Waals surface area contributed by atoms with Crippen LogP contribution in [-0.2, 0) is 0 Å². The molecule has 0 aliphatic carbocycles. The molecule has 0 rings (SSSR count). The Morgan fingerprint density at radius 3 is 1.10 bits per heavy atom. The molecule has 0 aromatic carbocycles. The lowest BCUT2D eigenvalue weighted by atomic mass is 9.87. The fraction of sp³-hybridized carbons (Fsp3) is 0.789. The highest BCUT2D eigenvalue weighted by molar-refractivity contribution is 7.79. The summed E-state index contributed by atoms with van der Waals surface area (Å²) in [6.45, 7) is 31.6. The fourth-order valence-electron chi connectivity index (χ4n) is 1.38. The SMILES string of the molecule is C=C.C=C.CC.CC.CCC(C)C(C)CC(C)C.CS. The molecule has 2 unspecified atom stereocenters. The molecule has 0 radical (unpaired) electrons. The van der Waals surface area contributed by atoms with Crippen molar-refractivity contribution in [1.29, 1.82) is 0 Å². The van der Waals surface area contributed by atoms with Gasteiger partial charge in [0, 0.05) is 0 Å². The molecule has 0 saturated carbocycles. The fourth-order valence-corrected chi connectivity index (χ4v) is 1.38. The van der Waals surface area contributed by atoms with E-state index in [1.807, 2.05) is 27.7 Å². The minimum absolute atomic E-state index is 0.865. The van der Waals surface area contributed by atoms with E-state index in [9.17, 15) is 0 Å². The standard InChI is InChI=1S/C10H22.2C2H6.2C2H4.CH4S/c1-6-9(4)10(5)7-8(2)3;5*1-2/h8-10H,6-7H2,1-5H3;2*1-2H3;2*1-2H2;2H,1H3. The average molecular weight is 307 g/mol. The van der Waals surface area contributed by atoms with Crippen molar-refractivity contribution in [2.45, 2.75) is 75.2 Å². The molecule has 0 nitrogen and oxygen atoms in total. The number of hydrogen-bond acceptors (Lipinski definition) is 1. The number of thiol groups is 1. The van der Waals surface area contributed by atoms with Crippen molar-refractivity contribution in [2.75, 3.05) is 6.26 Å². The third kappa shape index (κ3) is 52.3. The Labute approximate surface area is 138 Å². The van der Waals surface area contributed by atoms with Crippen molar-refractivity contribution in [3.05, 3.63) is 26.3 Å². The van der Waals surface area contributed by atoms with Crippen molar-refractivity contribution in [2.24, 2.45) is 17.8 Å². The van der Waals surface area contributed by atoms with Gasteiger partial charge in [0.25, 0.3) is 0 Å². The number of rotatable bonds is 4. The maximum atomic E-state index is 3.53. The molecule has 2 atom stereocenters. The van der Waals surface area contributed by atoms with E-state index in [1.54, 1.807) is 6.26 Å². The number of hydrogen-bond donors (Lipinski definition) is 1. The van der Waals surface area contributed by atoms with Crippen LogP contribution in [0.15, 0.2) is 26.3 Å². The van der Waals surface area contributed by atoms with Crippen LogP contribution in [0.2, 0.25) is 0 Å². The predicted molar refractivity (Wildman–Crippen MR) is 108 cm³/mol. The van der Waals surface area contributed by atoms with Crippen LogP contribution >= 0.6 is 12.6 Å². The highest BCUT2D eigenvalue weighted by Gasteiger charge is 2.10. The first-order chi connectivity index (χ1) is 9.57. The molecule has 0 aliphatic rings. The predicted octanol–water partition coefficient (Wildman–Crippen LogP) is 7.92. The molecule has 1 heteroatoms. The third-order valence-electron chi connectivity index (χ3n) is 2.46. The topological polar surface area (TPSA) is 0 Å². The average Bonchev–Trinajstić information content (AvgIpc) is 2.55. The van der Waals surface area contributed by atoms with Gasteiger partial charge in [0.15, 0.2) is 0 Å². The van der Waals surface area contributed by atoms with Gasteiger partial charge in [0.05, 0.1) is 0 Å². The molecule has 0 N–H and O–H groups in total. The highest BCUT2D eigenvalue weighted by atomic mass is 32.1. The molecule has 0 bridgehead atoms. The van der Waals surface area contributed by atoms with Crippen LogP contribution in [-0.4, -0.2) is 6.26 Å². The van der Waals surface area contributed by atoms with Gasteiger partial charge < -0.3 is 0 Å². The van der Waals surface area contributed by atoms with E-state index in [1.165, 1.54) is 12.8 Å². The van der Waals surface area contributed by atoms with Crippen molar-refractivity contribution in [1.82, 2.24) is 0 Å². The molecule has 20 heavy (non-hydrogen) atoms. The van der Waals surface area contributed by atoms with Crippen LogP contribution in [0.1, 0.15) is 75.2 Å². The molecule has 128 valence electrons. The molecule has 0 saturated heterocycles. The molecule has 0 aromatic rings. The van der Waals surface area contributed by atoms with E-state index >= 15 is 0 Å². The van der Waals surface area contributed by atoms with E-state index in [0.29, 0.717) is 0 Å². The van der Waals surface area contributed by atoms with Crippen LogP contribution in [0.3, 0.4) is 0 Å². The Morgan fingerprint density at radius 1 is 0.700 bits per heavy atom. The zero-order valence-corrected chi connectivity index (χ0v) is 17.3. The highest BCUT2D eigenvalue weighted by Crippen LogP contribution is 2.21. The minimum atomic E-state index is 0.865. The molecule has 0 amide bonds. The maximum absolute atomic E-state index is 3.53. The van der Waals surface area contributed by atoms with Gasteiger partial charge in [-0.15, -0.1) is 26.3 Å². The molecule has 0 aromatic heterocycles. The van der Waals surface area contributed by atoms with Crippen LogP contribution in [0.25, 0.3) is 0 Å². The summed E-state index contributed by atoms with van der Waals surface area (Å²) in [7, 11) is 0. The van der Waals surface area contributed by atoms with Crippen molar-refractivity contribution in [3.8, 4) is 0 Å². The Morgan fingerprint density at radius 2 is 0.950 bits per heavy atom. The quantitative estimate of drug-likeness (QED) is 0.396. The summed E-state index contributed by atoms with van der Waals surface area (Å²) in [5, 5.41) is 0. The second-order valence-electron chi connectivity index (χ2n) is 3.99. The van der Waals surface area contributed by atoms with Crippen LogP contribution in [0.4, 0.5) is 0 Å². The van der Waals surface area contributed by atoms with Crippen molar-refractivity contribution < 1.29 is 0 Å². The van der Waals surface area contributed by atoms with Gasteiger partial charge in [0.1, 0.15) is 0 Å². The Balaban J connectivity index is -0.0000000412. The summed E-state index contributed by atoms with van der Waals surface area (Å²) in [5.41, 5.74) is 0. The first-order valence-corrected chi connectivity index (χ1v) is 8.92. The van der Waals surface area contributed by atoms with Crippen LogP contribution in [0.5, 0.6) is 0 Å². The molecule has 0 spiro atoms. The molecule has 0 heterocycles. The lowest BCUT2D eigenvalue weighted by molar-refractivity contribution is 0.316. The summed E-state index contributed by atoms with van der Waals surface area (Å²) < 4.78 is 0. The lowest BCUT2D eigenvalue weighted by Crippen LogP contribution is -2.09. The smallest absolute Gasteiger partial charge is 0.0215 e. The summed E-state index contributed by atoms with van der Waals surface area (Å²) in [5.74, 6) is 2.68. The van der Waals surface area contributed by atoms with Crippen LogP contribution < -0.4 is 0 Å². The monoisotopic (exact) mass is 306 g/mol. The molecule has 0 aliphatic heterocycles. The van der Waals surface area contributed by atoms with Crippen molar-refractivity contribution >= 4 is 12.6 Å². The van der Waals surface area contributed by atoms with E-state index in [0.717, 1.165) is 17.8 Å². The van der Waals surface area contributed by atoms with Gasteiger partial charge in [-0.2, -0.15) is 12.6 Å². The normalized spacial score (nSPS) is 10.0. The summed E-state index contributed by atoms with van der Waals surface area (Å²) in [6.07, 6.45) is 4.41. The van der Waals surface area contributed by atoms with Crippen molar-refractivity contribution in [3.63, 3.8) is 0 Å². The zero-order chi connectivity index (χ0) is 18.1. The summed E-state index contributed by atoms with van der Waals surface area (Å²) in [4.78, 5) is 0. The van der Waals surface area contributed by atoms with E-state index in [-0.39, 0.29) is 0 Å². The van der Waals surface area contributed by atoms with Gasteiger partial charge in [-0.3, -0.25) is 0 Å². The van der Waals surface area contributed by atoms with E-state index in [2.05, 4.69) is 73.6 Å². The zero-order valence-electron chi connectivity index (χ0n) is 16.4. The summed E-state index contributed by atoms with van der Waals surface area (Å²) in [6, 6.07) is 0. The largest absolute Gasteiger partial charge is 0.183 e. The lowest BCUT2D eigenvalue weighted by Gasteiger charge is -2.19. The Hall–Kier alpha value is -0.170. The molecular formula is C19H46S. The molecular weight excluding hydrogens is 260 g/mol. The van der Waals surface area contributed by atoms with E-state index < -0.39 is 0 Å². The van der Waals surface area contributed by atoms with Gasteiger partial charge in [-0.25, -0.2) is 0 Å². The van der Waals surface area contributed by atoms with Gasteiger partial charge in [-0.05, 0) is 30.4 Å². The Bertz CT molecular complexity index is 97.9. The second kappa shape index (κ2) is 51.0. The molecule has 0 fully saturated rings. The second-order valence-corrected chi connectivity index (χ2v) is 3.99. The van der Waals surface area contributed by atoms with Gasteiger partial charge in [-0.1, -0.05) is 68.7 Å². The first kappa shape index (κ1) is 36.8. The maximum Gasteiger partial charge on any atom is -0.0215 e. The first-order valence-electron chi connectivity index (χ1n) is 8.02. The Kier molecular flexibility index (Phi) is 93.8.